The van der Waals surface area contributed by atoms with Gasteiger partial charge in [0.25, 0.3) is 0 Å². The molecular weight excluding hydrogens is 444 g/mol. The van der Waals surface area contributed by atoms with Crippen LogP contribution in [-0.2, 0) is 4.74 Å². The molecule has 2 unspecified atom stereocenters. The van der Waals surface area contributed by atoms with Gasteiger partial charge in [0, 0.05) is 17.5 Å². The van der Waals surface area contributed by atoms with Crippen molar-refractivity contribution in [3.63, 3.8) is 0 Å². The molecule has 0 heterocycles. The molecule has 0 saturated carbocycles. The van der Waals surface area contributed by atoms with Crippen LogP contribution in [0.3, 0.4) is 0 Å². The van der Waals surface area contributed by atoms with Crippen LogP contribution in [0.5, 0.6) is 11.5 Å². The molecule has 0 spiro atoms. The lowest BCUT2D eigenvalue weighted by atomic mass is 9.97. The maximum Gasteiger partial charge on any atom is 0.199 e. The Morgan fingerprint density at radius 2 is 1.19 bits per heavy atom. The second-order valence-corrected chi connectivity index (χ2v) is 8.97. The summed E-state index contributed by atoms with van der Waals surface area (Å²) in [5.41, 5.74) is 5.73. The van der Waals surface area contributed by atoms with Gasteiger partial charge in [0.1, 0.15) is 18.1 Å². The first-order valence-corrected chi connectivity index (χ1v) is 12.9. The van der Waals surface area contributed by atoms with Gasteiger partial charge in [0.15, 0.2) is 6.29 Å². The summed E-state index contributed by atoms with van der Waals surface area (Å²) >= 11 is 0. The highest BCUT2D eigenvalue weighted by Gasteiger charge is 2.14. The van der Waals surface area contributed by atoms with Crippen molar-refractivity contribution in [2.24, 2.45) is 0 Å². The van der Waals surface area contributed by atoms with Gasteiger partial charge in [-0.15, -0.1) is 0 Å². The van der Waals surface area contributed by atoms with Gasteiger partial charge in [-0.25, -0.2) is 0 Å². The first kappa shape index (κ1) is 25.5. The Kier molecular flexibility index (Phi) is 9.18. The van der Waals surface area contributed by atoms with Gasteiger partial charge in [-0.3, -0.25) is 0 Å². The molecular formula is C33H36O3. The monoisotopic (exact) mass is 480 g/mol. The van der Waals surface area contributed by atoms with E-state index in [9.17, 15) is 0 Å². The number of benzene rings is 4. The summed E-state index contributed by atoms with van der Waals surface area (Å²) in [7, 11) is 0. The Hall–Kier alpha value is -3.56. The van der Waals surface area contributed by atoms with Crippen molar-refractivity contribution in [2.45, 2.75) is 45.8 Å². The van der Waals surface area contributed by atoms with E-state index in [1.54, 1.807) is 0 Å². The molecule has 0 radical (unpaired) electrons. The van der Waals surface area contributed by atoms with Crippen LogP contribution in [0.2, 0.25) is 0 Å². The SMILES string of the molecule is CCC(OCCOc1c(-c2ccccc2)cccc1-c1ccccc1)Oc1ccc(C(C)CC)cc1. The average Bonchev–Trinajstić information content (AvgIpc) is 2.95. The maximum atomic E-state index is 6.40. The van der Waals surface area contributed by atoms with Gasteiger partial charge < -0.3 is 14.2 Å². The van der Waals surface area contributed by atoms with Crippen molar-refractivity contribution in [1.82, 2.24) is 0 Å². The third-order valence-electron chi connectivity index (χ3n) is 6.48. The minimum absolute atomic E-state index is 0.319. The largest absolute Gasteiger partial charge is 0.490 e. The maximum absolute atomic E-state index is 6.40. The Balaban J connectivity index is 1.43. The van der Waals surface area contributed by atoms with E-state index in [2.05, 4.69) is 99.6 Å². The molecule has 0 bridgehead atoms. The fourth-order valence-electron chi connectivity index (χ4n) is 4.20. The van der Waals surface area contributed by atoms with Crippen LogP contribution in [0.4, 0.5) is 0 Å². The topological polar surface area (TPSA) is 27.7 Å². The van der Waals surface area contributed by atoms with Crippen LogP contribution in [0.15, 0.2) is 103 Å². The molecule has 3 heteroatoms. The van der Waals surface area contributed by atoms with E-state index in [1.807, 2.05) is 24.3 Å². The van der Waals surface area contributed by atoms with E-state index >= 15 is 0 Å². The van der Waals surface area contributed by atoms with Gasteiger partial charge in [-0.05, 0) is 41.2 Å². The predicted molar refractivity (Wildman–Crippen MR) is 149 cm³/mol. The molecule has 186 valence electrons. The van der Waals surface area contributed by atoms with Crippen molar-refractivity contribution in [2.75, 3.05) is 13.2 Å². The quantitative estimate of drug-likeness (QED) is 0.150. The second kappa shape index (κ2) is 12.9. The van der Waals surface area contributed by atoms with Crippen molar-refractivity contribution in [3.8, 4) is 33.8 Å². The molecule has 0 aromatic heterocycles. The molecule has 3 nitrogen and oxygen atoms in total. The third-order valence-corrected chi connectivity index (χ3v) is 6.48. The zero-order chi connectivity index (χ0) is 25.2. The molecule has 2 atom stereocenters. The normalized spacial score (nSPS) is 12.6. The van der Waals surface area contributed by atoms with Gasteiger partial charge in [0.2, 0.25) is 0 Å². The molecule has 0 saturated heterocycles. The fraction of sp³-hybridized carbons (Fsp3) is 0.273. The minimum Gasteiger partial charge on any atom is -0.490 e. The van der Waals surface area contributed by atoms with Crippen LogP contribution in [0.1, 0.15) is 45.1 Å². The van der Waals surface area contributed by atoms with Crippen LogP contribution in [-0.4, -0.2) is 19.5 Å². The first-order chi connectivity index (χ1) is 17.7. The molecule has 36 heavy (non-hydrogen) atoms. The number of hydrogen-bond donors (Lipinski definition) is 0. The number of para-hydroxylation sites is 1. The number of rotatable bonds is 12. The van der Waals surface area contributed by atoms with Crippen molar-refractivity contribution >= 4 is 0 Å². The summed E-state index contributed by atoms with van der Waals surface area (Å²) in [6, 6.07) is 35.4. The molecule has 0 N–H and O–H groups in total. The third kappa shape index (κ3) is 6.56. The molecule has 0 amide bonds. The zero-order valence-electron chi connectivity index (χ0n) is 21.5. The minimum atomic E-state index is -0.319. The summed E-state index contributed by atoms with van der Waals surface area (Å²) in [4.78, 5) is 0. The van der Waals surface area contributed by atoms with Crippen molar-refractivity contribution in [3.05, 3.63) is 109 Å². The Labute approximate surface area is 215 Å². The number of ether oxygens (including phenoxy) is 3. The smallest absolute Gasteiger partial charge is 0.199 e. The van der Waals surface area contributed by atoms with Crippen molar-refractivity contribution < 1.29 is 14.2 Å². The van der Waals surface area contributed by atoms with E-state index in [0.717, 1.165) is 46.6 Å². The van der Waals surface area contributed by atoms with Gasteiger partial charge in [-0.1, -0.05) is 112 Å². The van der Waals surface area contributed by atoms with Crippen LogP contribution < -0.4 is 9.47 Å². The summed E-state index contributed by atoms with van der Waals surface area (Å²) in [6.45, 7) is 7.38. The van der Waals surface area contributed by atoms with Gasteiger partial charge >= 0.3 is 0 Å². The molecule has 0 aliphatic carbocycles. The molecule has 0 aliphatic rings. The van der Waals surface area contributed by atoms with Crippen LogP contribution in [0.25, 0.3) is 22.3 Å². The summed E-state index contributed by atoms with van der Waals surface area (Å²) in [6.07, 6.45) is 1.56. The average molecular weight is 481 g/mol. The van der Waals surface area contributed by atoms with Gasteiger partial charge in [-0.2, -0.15) is 0 Å². The highest BCUT2D eigenvalue weighted by atomic mass is 16.7. The van der Waals surface area contributed by atoms with Crippen molar-refractivity contribution in [1.29, 1.82) is 0 Å². The van der Waals surface area contributed by atoms with Gasteiger partial charge in [0.05, 0.1) is 6.61 Å². The molecule has 4 rings (SSSR count). The lowest BCUT2D eigenvalue weighted by molar-refractivity contribution is -0.0880. The summed E-state index contributed by atoms with van der Waals surface area (Å²) in [5.74, 6) is 2.25. The highest BCUT2D eigenvalue weighted by Crippen LogP contribution is 2.39. The standard InChI is InChI=1S/C33H36O3/c1-4-25(3)26-19-21-29(22-20-26)36-32(5-2)34-23-24-35-33-30(27-13-8-6-9-14-27)17-12-18-31(33)28-15-10-7-11-16-28/h6-22,25,32H,4-5,23-24H2,1-3H3. The van der Waals surface area contributed by atoms with Crippen LogP contribution in [0, 0.1) is 0 Å². The van der Waals surface area contributed by atoms with E-state index < -0.39 is 0 Å². The first-order valence-electron chi connectivity index (χ1n) is 12.9. The van der Waals surface area contributed by atoms with E-state index in [1.165, 1.54) is 5.56 Å². The Morgan fingerprint density at radius 3 is 1.72 bits per heavy atom. The lowest BCUT2D eigenvalue weighted by Gasteiger charge is -2.20. The molecule has 4 aromatic rings. The molecule has 0 aliphatic heterocycles. The van der Waals surface area contributed by atoms with Crippen LogP contribution >= 0.6 is 0 Å². The summed E-state index contributed by atoms with van der Waals surface area (Å²) < 4.78 is 18.5. The number of hydrogen-bond acceptors (Lipinski definition) is 3. The lowest BCUT2D eigenvalue weighted by Crippen LogP contribution is -2.22. The fourth-order valence-corrected chi connectivity index (χ4v) is 4.20. The second-order valence-electron chi connectivity index (χ2n) is 8.97. The van der Waals surface area contributed by atoms with E-state index in [0.29, 0.717) is 19.1 Å². The zero-order valence-corrected chi connectivity index (χ0v) is 21.5. The molecule has 0 fully saturated rings. The van der Waals surface area contributed by atoms with E-state index in [4.69, 9.17) is 14.2 Å². The predicted octanol–water partition coefficient (Wildman–Crippen LogP) is 8.74. The summed E-state index contributed by atoms with van der Waals surface area (Å²) in [5, 5.41) is 0. The van der Waals surface area contributed by atoms with E-state index in [-0.39, 0.29) is 6.29 Å². The highest BCUT2D eigenvalue weighted by molar-refractivity contribution is 5.82. The Bertz CT molecular complexity index is 1130. The molecule has 4 aromatic carbocycles. The Morgan fingerprint density at radius 1 is 0.611 bits per heavy atom.